The maximum absolute atomic E-state index is 15.1. The molecule has 7 nitrogen and oxygen atoms in total. The lowest BCUT2D eigenvalue weighted by molar-refractivity contribution is 0.0165. The zero-order chi connectivity index (χ0) is 23.5. The molecule has 0 fully saturated rings. The van der Waals surface area contributed by atoms with Gasteiger partial charge in [-0.2, -0.15) is 0 Å². The van der Waals surface area contributed by atoms with Crippen LogP contribution in [0.25, 0.3) is 16.7 Å². The van der Waals surface area contributed by atoms with Crippen molar-refractivity contribution in [3.05, 3.63) is 77.6 Å². The fourth-order valence-corrected chi connectivity index (χ4v) is 4.92. The molecule has 0 saturated heterocycles. The van der Waals surface area contributed by atoms with Gasteiger partial charge in [-0.3, -0.25) is 0 Å². The van der Waals surface area contributed by atoms with Crippen LogP contribution in [0, 0.1) is 5.82 Å². The van der Waals surface area contributed by atoms with Crippen molar-refractivity contribution >= 4 is 11.6 Å². The van der Waals surface area contributed by atoms with Crippen LogP contribution in [0.1, 0.15) is 37.0 Å². The molecule has 4 heterocycles. The summed E-state index contributed by atoms with van der Waals surface area (Å²) in [5, 5.41) is 0. The predicted molar refractivity (Wildman–Crippen MR) is 125 cm³/mol. The normalized spacial score (nSPS) is 22.2. The Morgan fingerprint density at radius 1 is 1.00 bits per heavy atom. The summed E-state index contributed by atoms with van der Waals surface area (Å²) >= 11 is 0. The van der Waals surface area contributed by atoms with E-state index in [1.54, 1.807) is 18.5 Å². The summed E-state index contributed by atoms with van der Waals surface area (Å²) in [6, 6.07) is 9.19. The first-order chi connectivity index (χ1) is 16.3. The average Bonchev–Trinajstić information content (AvgIpc) is 3.21. The summed E-state index contributed by atoms with van der Waals surface area (Å²) in [6.07, 6.45) is 7.50. The Balaban J connectivity index is 1.54. The number of amidine groups is 1. The number of aromatic nitrogens is 2. The largest absolute Gasteiger partial charge is 0.462 e. The number of hydrogen-bond donors (Lipinski definition) is 1. The number of fused-ring (bicyclic) bond motifs is 4. The predicted octanol–water partition coefficient (Wildman–Crippen LogP) is 4.56. The third-order valence-corrected chi connectivity index (χ3v) is 6.50. The molecule has 3 aliphatic heterocycles. The van der Waals surface area contributed by atoms with Crippen LogP contribution in [0.2, 0.25) is 0 Å². The fourth-order valence-electron chi connectivity index (χ4n) is 4.92. The van der Waals surface area contributed by atoms with Crippen LogP contribution in [0.3, 0.4) is 0 Å². The minimum absolute atomic E-state index is 0.0875. The van der Waals surface area contributed by atoms with Gasteiger partial charge in [0.2, 0.25) is 0 Å². The molecule has 1 aromatic heterocycles. The van der Waals surface area contributed by atoms with Gasteiger partial charge in [0.05, 0.1) is 12.2 Å². The molecule has 0 aliphatic carbocycles. The summed E-state index contributed by atoms with van der Waals surface area (Å²) in [7, 11) is 0. The van der Waals surface area contributed by atoms with Crippen molar-refractivity contribution in [3.63, 3.8) is 0 Å². The molecule has 0 bridgehead atoms. The van der Waals surface area contributed by atoms with Gasteiger partial charge in [0, 0.05) is 40.7 Å². The van der Waals surface area contributed by atoms with Crippen LogP contribution < -0.4 is 10.5 Å². The van der Waals surface area contributed by atoms with E-state index in [2.05, 4.69) is 22.1 Å². The molecule has 0 amide bonds. The lowest BCUT2D eigenvalue weighted by atomic mass is 9.79. The Bertz CT molecular complexity index is 1370. The Labute approximate surface area is 196 Å². The molecule has 34 heavy (non-hydrogen) atoms. The zero-order valence-electron chi connectivity index (χ0n) is 18.8. The molecule has 6 rings (SSSR count). The van der Waals surface area contributed by atoms with Crippen LogP contribution in [0.5, 0.6) is 11.5 Å². The van der Waals surface area contributed by atoms with Gasteiger partial charge in [-0.25, -0.2) is 19.4 Å². The van der Waals surface area contributed by atoms with Gasteiger partial charge in [-0.05, 0) is 55.7 Å². The summed E-state index contributed by atoms with van der Waals surface area (Å²) in [6.45, 7) is 4.93. The molecule has 2 aromatic carbocycles. The van der Waals surface area contributed by atoms with Gasteiger partial charge in [0.25, 0.3) is 6.02 Å². The number of aliphatic imine (C=N–C) groups is 1. The number of nitrogens with zero attached hydrogens (tertiary/aromatic N) is 3. The zero-order valence-corrected chi connectivity index (χ0v) is 18.8. The standard InChI is InChI=1S/C26H23FN4O3/c1-25(2)10-16(5-6-33-25)15-3-4-22-19(7-15)26(13-32-24(28)31-26)20-8-18(17-11-29-14-30-12-17)21(27)9-23(20)34-22/h3-4,7-12,14H,5-6,13H2,1-2H3,(H2,28,31)/t26-/m1/s1. The summed E-state index contributed by atoms with van der Waals surface area (Å²) in [5.41, 5.74) is 9.39. The van der Waals surface area contributed by atoms with Crippen molar-refractivity contribution in [2.75, 3.05) is 13.2 Å². The smallest absolute Gasteiger partial charge is 0.283 e. The molecule has 3 aromatic rings. The molecule has 0 unspecified atom stereocenters. The van der Waals surface area contributed by atoms with Crippen molar-refractivity contribution in [1.29, 1.82) is 0 Å². The third kappa shape index (κ3) is 3.25. The Morgan fingerprint density at radius 3 is 2.53 bits per heavy atom. The Kier molecular flexibility index (Phi) is 4.50. The molecule has 0 saturated carbocycles. The van der Waals surface area contributed by atoms with Crippen molar-refractivity contribution in [2.45, 2.75) is 31.4 Å². The van der Waals surface area contributed by atoms with Gasteiger partial charge in [0.15, 0.2) is 5.54 Å². The van der Waals surface area contributed by atoms with Crippen LogP contribution in [0.4, 0.5) is 4.39 Å². The van der Waals surface area contributed by atoms with E-state index >= 15 is 4.39 Å². The first-order valence-electron chi connectivity index (χ1n) is 11.1. The average molecular weight is 458 g/mol. The second kappa shape index (κ2) is 7.36. The molecule has 0 radical (unpaired) electrons. The highest BCUT2D eigenvalue weighted by Gasteiger charge is 2.47. The Hall–Kier alpha value is -3.78. The lowest BCUT2D eigenvalue weighted by Gasteiger charge is -2.35. The summed E-state index contributed by atoms with van der Waals surface area (Å²) in [4.78, 5) is 12.8. The minimum atomic E-state index is -0.956. The molecule has 3 aliphatic rings. The number of nitrogens with two attached hydrogens (primary N) is 1. The molecular weight excluding hydrogens is 435 g/mol. The highest BCUT2D eigenvalue weighted by molar-refractivity contribution is 5.79. The van der Waals surface area contributed by atoms with E-state index in [0.717, 1.165) is 17.5 Å². The highest BCUT2D eigenvalue weighted by Crippen LogP contribution is 2.52. The maximum Gasteiger partial charge on any atom is 0.283 e. The number of rotatable bonds is 2. The van der Waals surface area contributed by atoms with Crippen molar-refractivity contribution in [2.24, 2.45) is 10.7 Å². The third-order valence-electron chi connectivity index (χ3n) is 6.50. The van der Waals surface area contributed by atoms with E-state index < -0.39 is 11.4 Å². The quantitative estimate of drug-likeness (QED) is 0.605. The minimum Gasteiger partial charge on any atom is -0.462 e. The molecule has 172 valence electrons. The van der Waals surface area contributed by atoms with E-state index in [0.29, 0.717) is 34.8 Å². The lowest BCUT2D eigenvalue weighted by Crippen LogP contribution is -2.31. The number of halogens is 1. The second-order valence-electron chi connectivity index (χ2n) is 9.24. The summed E-state index contributed by atoms with van der Waals surface area (Å²) in [5.74, 6) is 0.543. The van der Waals surface area contributed by atoms with E-state index in [1.807, 2.05) is 26.0 Å². The van der Waals surface area contributed by atoms with Crippen molar-refractivity contribution < 1.29 is 18.6 Å². The molecular formula is C26H23FN4O3. The maximum atomic E-state index is 15.1. The Morgan fingerprint density at radius 2 is 1.79 bits per heavy atom. The van der Waals surface area contributed by atoms with Crippen LogP contribution >= 0.6 is 0 Å². The second-order valence-corrected chi connectivity index (χ2v) is 9.24. The fraction of sp³-hybridized carbons (Fsp3) is 0.269. The number of benzene rings is 2. The van der Waals surface area contributed by atoms with Crippen LogP contribution in [-0.4, -0.2) is 34.8 Å². The molecule has 2 N–H and O–H groups in total. The van der Waals surface area contributed by atoms with Gasteiger partial charge < -0.3 is 19.9 Å². The molecule has 8 heteroatoms. The van der Waals surface area contributed by atoms with E-state index in [1.165, 1.54) is 18.0 Å². The highest BCUT2D eigenvalue weighted by atomic mass is 19.1. The number of hydrogen-bond acceptors (Lipinski definition) is 7. The van der Waals surface area contributed by atoms with Gasteiger partial charge in [-0.1, -0.05) is 6.07 Å². The van der Waals surface area contributed by atoms with E-state index in [4.69, 9.17) is 24.9 Å². The topological polar surface area (TPSA) is 91.9 Å². The SMILES string of the molecule is CC1(C)C=C(c2ccc3c(c2)[C@]2(COC(N)=N2)c2cc(-c4cncnc4)c(F)cc2O3)CCO1. The first kappa shape index (κ1) is 20.8. The molecule has 1 spiro atoms. The van der Waals surface area contributed by atoms with E-state index in [9.17, 15) is 0 Å². The van der Waals surface area contributed by atoms with E-state index in [-0.39, 0.29) is 18.2 Å². The molecule has 1 atom stereocenters. The van der Waals surface area contributed by atoms with Gasteiger partial charge in [-0.15, -0.1) is 0 Å². The summed E-state index contributed by atoms with van der Waals surface area (Å²) < 4.78 is 32.8. The van der Waals surface area contributed by atoms with Crippen LogP contribution in [0.15, 0.2) is 60.1 Å². The monoisotopic (exact) mass is 458 g/mol. The van der Waals surface area contributed by atoms with Gasteiger partial charge >= 0.3 is 0 Å². The number of ether oxygens (including phenoxy) is 3. The van der Waals surface area contributed by atoms with Crippen molar-refractivity contribution in [1.82, 2.24) is 9.97 Å². The first-order valence-corrected chi connectivity index (χ1v) is 11.1. The van der Waals surface area contributed by atoms with Gasteiger partial charge in [0.1, 0.15) is 30.3 Å². The van der Waals surface area contributed by atoms with Crippen LogP contribution in [-0.2, 0) is 15.0 Å². The van der Waals surface area contributed by atoms with Crippen molar-refractivity contribution in [3.8, 4) is 22.6 Å².